The van der Waals surface area contributed by atoms with Crippen LogP contribution in [0.3, 0.4) is 0 Å². The van der Waals surface area contributed by atoms with E-state index in [0.717, 1.165) is 6.07 Å². The molecule has 1 aromatic rings. The van der Waals surface area contributed by atoms with Crippen molar-refractivity contribution in [2.75, 3.05) is 0 Å². The Morgan fingerprint density at radius 3 is 1.47 bits per heavy atom. The maximum atomic E-state index is 11.3. The van der Waals surface area contributed by atoms with Crippen LogP contribution in [0, 0.1) is 0 Å². The first-order chi connectivity index (χ1) is 8.26. The summed E-state index contributed by atoms with van der Waals surface area (Å²) >= 11 is 5.45. The summed E-state index contributed by atoms with van der Waals surface area (Å²) < 4.78 is 33.6. The van der Waals surface area contributed by atoms with Gasteiger partial charge in [0.1, 0.15) is 0 Å². The van der Waals surface area contributed by atoms with Gasteiger partial charge in [-0.25, -0.2) is 0 Å². The SMILES string of the molecule is O=P(O)(O)c1ccc(Cl)c(P(=O)(O)O)c1P(=O)(O)O. The maximum absolute atomic E-state index is 11.3. The van der Waals surface area contributed by atoms with Gasteiger partial charge in [0.15, 0.2) is 0 Å². The van der Waals surface area contributed by atoms with E-state index >= 15 is 0 Å². The van der Waals surface area contributed by atoms with Gasteiger partial charge in [-0.15, -0.1) is 0 Å². The molecule has 0 radical (unpaired) electrons. The highest BCUT2D eigenvalue weighted by molar-refractivity contribution is 7.70. The Labute approximate surface area is 111 Å². The Bertz CT molecular complexity index is 652. The second-order valence-electron chi connectivity index (χ2n) is 3.40. The zero-order chi connectivity index (χ0) is 15.2. The molecule has 0 heterocycles. The molecule has 13 heteroatoms. The van der Waals surface area contributed by atoms with Crippen LogP contribution < -0.4 is 15.9 Å². The van der Waals surface area contributed by atoms with E-state index in [1.165, 1.54) is 0 Å². The second-order valence-corrected chi connectivity index (χ2v) is 8.44. The van der Waals surface area contributed by atoms with E-state index in [-0.39, 0.29) is 0 Å². The van der Waals surface area contributed by atoms with Crippen LogP contribution in [0.2, 0.25) is 5.02 Å². The van der Waals surface area contributed by atoms with Crippen molar-refractivity contribution >= 4 is 50.3 Å². The quantitative estimate of drug-likeness (QED) is 0.363. The first kappa shape index (κ1) is 17.0. The van der Waals surface area contributed by atoms with Gasteiger partial charge in [0.2, 0.25) is 0 Å². The van der Waals surface area contributed by atoms with Gasteiger partial charge in [-0.2, -0.15) is 0 Å². The molecule has 0 aliphatic heterocycles. The maximum Gasteiger partial charge on any atom is 0.358 e. The molecule has 0 fully saturated rings. The molecule has 0 saturated heterocycles. The minimum absolute atomic E-state index is 0.608. The molecular formula is C6H8ClO9P3. The molecule has 0 spiro atoms. The van der Waals surface area contributed by atoms with E-state index < -0.39 is 43.7 Å². The molecule has 1 aromatic carbocycles. The van der Waals surface area contributed by atoms with E-state index in [1.54, 1.807) is 0 Å². The van der Waals surface area contributed by atoms with E-state index in [1.807, 2.05) is 0 Å². The second kappa shape index (κ2) is 5.06. The lowest BCUT2D eigenvalue weighted by atomic mass is 10.3. The summed E-state index contributed by atoms with van der Waals surface area (Å²) in [6, 6.07) is 1.35. The summed E-state index contributed by atoms with van der Waals surface area (Å²) in [5, 5.41) is -4.61. The predicted molar refractivity (Wildman–Crippen MR) is 66.5 cm³/mol. The van der Waals surface area contributed by atoms with Crippen molar-refractivity contribution in [1.82, 2.24) is 0 Å². The van der Waals surface area contributed by atoms with E-state index in [0.29, 0.717) is 6.07 Å². The van der Waals surface area contributed by atoms with Gasteiger partial charge in [0.25, 0.3) is 0 Å². The van der Waals surface area contributed by atoms with E-state index in [9.17, 15) is 13.7 Å². The summed E-state index contributed by atoms with van der Waals surface area (Å²) in [5.41, 5.74) is 0. The van der Waals surface area contributed by atoms with Crippen molar-refractivity contribution in [2.24, 2.45) is 0 Å². The molecule has 0 saturated carbocycles. The van der Waals surface area contributed by atoms with Crippen LogP contribution in [-0.2, 0) is 13.7 Å². The minimum Gasteiger partial charge on any atom is -0.321 e. The molecule has 0 amide bonds. The number of benzene rings is 1. The standard InChI is InChI=1S/C6H8ClO9P3/c7-3-1-2-4(17(8,9)10)6(19(14,15)16)5(3)18(11,12)13/h1-2H,(H2,8,9,10)(H2,11,12,13)(H2,14,15,16). The molecule has 19 heavy (non-hydrogen) atoms. The molecule has 0 atom stereocenters. The molecule has 6 N–H and O–H groups in total. The molecular weight excluding hydrogens is 344 g/mol. The summed E-state index contributed by atoms with van der Waals surface area (Å²) in [7, 11) is -15.8. The Hall–Kier alpha value is -0.0400. The minimum atomic E-state index is -5.38. The van der Waals surface area contributed by atoms with Crippen molar-refractivity contribution < 1.29 is 43.1 Å². The lowest BCUT2D eigenvalue weighted by molar-refractivity contribution is 0.379. The van der Waals surface area contributed by atoms with Crippen molar-refractivity contribution in [2.45, 2.75) is 0 Å². The van der Waals surface area contributed by atoms with E-state index in [2.05, 4.69) is 0 Å². The van der Waals surface area contributed by atoms with Gasteiger partial charge >= 0.3 is 22.8 Å². The highest BCUT2D eigenvalue weighted by Crippen LogP contribution is 2.45. The van der Waals surface area contributed by atoms with Crippen molar-refractivity contribution in [3.05, 3.63) is 17.2 Å². The number of halogens is 1. The molecule has 0 aliphatic rings. The molecule has 9 nitrogen and oxygen atoms in total. The van der Waals surface area contributed by atoms with Crippen LogP contribution in [0.1, 0.15) is 0 Å². The molecule has 0 aromatic heterocycles. The Morgan fingerprint density at radius 1 is 0.737 bits per heavy atom. The Morgan fingerprint density at radius 2 is 1.16 bits per heavy atom. The molecule has 1 rings (SSSR count). The molecule has 108 valence electrons. The van der Waals surface area contributed by atoms with E-state index in [4.69, 9.17) is 41.0 Å². The highest BCUT2D eigenvalue weighted by Gasteiger charge is 2.40. The topological polar surface area (TPSA) is 173 Å². The number of hydrogen-bond donors (Lipinski definition) is 6. The molecule has 0 bridgehead atoms. The van der Waals surface area contributed by atoms with Crippen LogP contribution >= 0.6 is 34.4 Å². The summed E-state index contributed by atoms with van der Waals surface area (Å²) in [6.07, 6.45) is 0. The van der Waals surface area contributed by atoms with Gasteiger partial charge in [0.05, 0.1) is 20.9 Å². The van der Waals surface area contributed by atoms with Crippen LogP contribution in [0.25, 0.3) is 0 Å². The summed E-state index contributed by atoms with van der Waals surface area (Å²) in [5.74, 6) is 0. The Kier molecular flexibility index (Phi) is 4.53. The van der Waals surface area contributed by atoms with Crippen LogP contribution in [0.15, 0.2) is 12.1 Å². The smallest absolute Gasteiger partial charge is 0.321 e. The van der Waals surface area contributed by atoms with Crippen molar-refractivity contribution in [3.8, 4) is 0 Å². The van der Waals surface area contributed by atoms with Gasteiger partial charge < -0.3 is 29.4 Å². The predicted octanol–water partition coefficient (Wildman–Crippen LogP) is -1.25. The fraction of sp³-hybridized carbons (Fsp3) is 0. The summed E-state index contributed by atoms with van der Waals surface area (Å²) in [6.45, 7) is 0. The highest BCUT2D eigenvalue weighted by atomic mass is 35.5. The first-order valence-electron chi connectivity index (χ1n) is 4.27. The average molecular weight is 352 g/mol. The van der Waals surface area contributed by atoms with Crippen LogP contribution in [0.5, 0.6) is 0 Å². The fourth-order valence-corrected chi connectivity index (χ4v) is 5.72. The van der Waals surface area contributed by atoms with Gasteiger partial charge in [-0.3, -0.25) is 13.7 Å². The third kappa shape index (κ3) is 3.74. The van der Waals surface area contributed by atoms with Crippen molar-refractivity contribution in [3.63, 3.8) is 0 Å². The average Bonchev–Trinajstić information content (AvgIpc) is 2.11. The number of hydrogen-bond acceptors (Lipinski definition) is 3. The van der Waals surface area contributed by atoms with Crippen LogP contribution in [-0.4, -0.2) is 29.4 Å². The lowest BCUT2D eigenvalue weighted by Gasteiger charge is -2.18. The third-order valence-corrected chi connectivity index (χ3v) is 5.87. The van der Waals surface area contributed by atoms with Gasteiger partial charge in [-0.05, 0) is 12.1 Å². The largest absolute Gasteiger partial charge is 0.358 e. The van der Waals surface area contributed by atoms with Crippen molar-refractivity contribution in [1.29, 1.82) is 0 Å². The molecule has 0 unspecified atom stereocenters. The zero-order valence-electron chi connectivity index (χ0n) is 8.78. The van der Waals surface area contributed by atoms with Gasteiger partial charge in [-0.1, -0.05) is 11.6 Å². The molecule has 0 aliphatic carbocycles. The first-order valence-corrected chi connectivity index (χ1v) is 9.48. The lowest BCUT2D eigenvalue weighted by Crippen LogP contribution is -2.37. The van der Waals surface area contributed by atoms with Crippen LogP contribution in [0.4, 0.5) is 0 Å². The third-order valence-electron chi connectivity index (χ3n) is 1.98. The zero-order valence-corrected chi connectivity index (χ0v) is 12.2. The summed E-state index contributed by atoms with van der Waals surface area (Å²) in [4.78, 5) is 54.2. The fourth-order valence-electron chi connectivity index (χ4n) is 1.34. The number of rotatable bonds is 3. The monoisotopic (exact) mass is 352 g/mol. The van der Waals surface area contributed by atoms with Gasteiger partial charge in [0, 0.05) is 0 Å². The Balaban J connectivity index is 3.99. The normalized spacial score (nSPS) is 13.6.